The Morgan fingerprint density at radius 2 is 1.96 bits per heavy atom. The van der Waals surface area contributed by atoms with E-state index >= 15 is 0 Å². The average molecular weight is 336 g/mol. The first kappa shape index (κ1) is 15.5. The van der Waals surface area contributed by atoms with E-state index < -0.39 is 5.82 Å². The molecule has 1 aromatic heterocycles. The monoisotopic (exact) mass is 336 g/mol. The zero-order chi connectivity index (χ0) is 17.4. The largest absolute Gasteiger partial charge is 0.322 e. The summed E-state index contributed by atoms with van der Waals surface area (Å²) in [6.07, 6.45) is 0. The van der Waals surface area contributed by atoms with Crippen molar-refractivity contribution in [2.45, 2.75) is 20.0 Å². The number of fused-ring (bicyclic) bond motifs is 1. The van der Waals surface area contributed by atoms with Gasteiger partial charge >= 0.3 is 0 Å². The molecular formula is C19H17FN4O. The standard InChI is InChI=1S/C19H17FN4O/c1-11-4-18(24-23-11)13-5-14(7-16(20)6-13)19(25)22-17-3-2-12-9-21-10-15(12)8-17/h2-8,21H,9-10H2,1H3,(H,22,25)(H,23,24). The van der Waals surface area contributed by atoms with Crippen LogP contribution >= 0.6 is 0 Å². The van der Waals surface area contributed by atoms with E-state index in [2.05, 4.69) is 20.8 Å². The van der Waals surface area contributed by atoms with Crippen molar-refractivity contribution in [3.05, 3.63) is 70.7 Å². The molecule has 5 nitrogen and oxygen atoms in total. The first-order chi connectivity index (χ1) is 12.1. The highest BCUT2D eigenvalue weighted by Crippen LogP contribution is 2.23. The topological polar surface area (TPSA) is 69.8 Å². The molecular weight excluding hydrogens is 319 g/mol. The highest BCUT2D eigenvalue weighted by Gasteiger charge is 2.14. The third kappa shape index (κ3) is 3.16. The summed E-state index contributed by atoms with van der Waals surface area (Å²) >= 11 is 0. The Morgan fingerprint density at radius 1 is 1.12 bits per heavy atom. The van der Waals surface area contributed by atoms with E-state index in [1.54, 1.807) is 6.07 Å². The van der Waals surface area contributed by atoms with E-state index in [1.165, 1.54) is 23.3 Å². The number of nitrogens with one attached hydrogen (secondary N) is 3. The van der Waals surface area contributed by atoms with Gasteiger partial charge in [-0.25, -0.2) is 4.39 Å². The van der Waals surface area contributed by atoms with Gasteiger partial charge in [-0.15, -0.1) is 0 Å². The Morgan fingerprint density at radius 3 is 2.76 bits per heavy atom. The molecule has 1 aliphatic heterocycles. The number of rotatable bonds is 3. The Labute approximate surface area is 144 Å². The fraction of sp³-hybridized carbons (Fsp3) is 0.158. The predicted octanol–water partition coefficient (Wildman–Crippen LogP) is 3.38. The molecule has 2 aromatic carbocycles. The number of benzene rings is 2. The van der Waals surface area contributed by atoms with Gasteiger partial charge in [-0.1, -0.05) is 6.07 Å². The Balaban J connectivity index is 1.60. The zero-order valence-corrected chi connectivity index (χ0v) is 13.7. The first-order valence-electron chi connectivity index (χ1n) is 8.05. The molecule has 0 unspecified atom stereocenters. The van der Waals surface area contributed by atoms with Crippen molar-refractivity contribution >= 4 is 11.6 Å². The number of aromatic amines is 1. The molecule has 25 heavy (non-hydrogen) atoms. The molecule has 0 saturated carbocycles. The number of halogens is 1. The molecule has 6 heteroatoms. The van der Waals surface area contributed by atoms with Gasteiger partial charge in [0.25, 0.3) is 5.91 Å². The predicted molar refractivity (Wildman–Crippen MR) is 93.7 cm³/mol. The smallest absolute Gasteiger partial charge is 0.255 e. The minimum Gasteiger partial charge on any atom is -0.322 e. The van der Waals surface area contributed by atoms with Crippen LogP contribution in [0, 0.1) is 12.7 Å². The number of aryl methyl sites for hydroxylation is 1. The van der Waals surface area contributed by atoms with Crippen LogP contribution in [0.25, 0.3) is 11.3 Å². The minimum atomic E-state index is -0.471. The van der Waals surface area contributed by atoms with E-state index in [0.29, 0.717) is 16.9 Å². The van der Waals surface area contributed by atoms with Crippen molar-refractivity contribution in [2.75, 3.05) is 5.32 Å². The first-order valence-corrected chi connectivity index (χ1v) is 8.05. The zero-order valence-electron chi connectivity index (χ0n) is 13.7. The number of anilines is 1. The number of H-pyrrole nitrogens is 1. The fourth-order valence-corrected chi connectivity index (χ4v) is 3.01. The average Bonchev–Trinajstić information content (AvgIpc) is 3.22. The summed E-state index contributed by atoms with van der Waals surface area (Å²) in [5, 5.41) is 13.0. The van der Waals surface area contributed by atoms with Gasteiger partial charge in [0, 0.05) is 35.6 Å². The van der Waals surface area contributed by atoms with Gasteiger partial charge in [0.1, 0.15) is 5.82 Å². The third-order valence-corrected chi connectivity index (χ3v) is 4.26. The van der Waals surface area contributed by atoms with Crippen molar-refractivity contribution in [2.24, 2.45) is 0 Å². The molecule has 126 valence electrons. The molecule has 3 N–H and O–H groups in total. The van der Waals surface area contributed by atoms with Crippen LogP contribution in [0.3, 0.4) is 0 Å². The number of aromatic nitrogens is 2. The molecule has 0 radical (unpaired) electrons. The van der Waals surface area contributed by atoms with Crippen LogP contribution in [0.15, 0.2) is 42.5 Å². The molecule has 0 saturated heterocycles. The summed E-state index contributed by atoms with van der Waals surface area (Å²) < 4.78 is 14.0. The van der Waals surface area contributed by atoms with E-state index in [0.717, 1.165) is 18.8 Å². The lowest BCUT2D eigenvalue weighted by molar-refractivity contribution is 0.102. The fourth-order valence-electron chi connectivity index (χ4n) is 3.01. The van der Waals surface area contributed by atoms with Crippen molar-refractivity contribution in [1.82, 2.24) is 15.5 Å². The van der Waals surface area contributed by atoms with Crippen molar-refractivity contribution < 1.29 is 9.18 Å². The third-order valence-electron chi connectivity index (χ3n) is 4.26. The molecule has 4 rings (SSSR count). The van der Waals surface area contributed by atoms with E-state index in [1.807, 2.05) is 31.2 Å². The molecule has 0 aliphatic carbocycles. The number of carbonyl (C=O) groups is 1. The van der Waals surface area contributed by atoms with Crippen LogP contribution in [0.2, 0.25) is 0 Å². The maximum absolute atomic E-state index is 14.0. The summed E-state index contributed by atoms with van der Waals surface area (Å²) in [6.45, 7) is 3.51. The number of amides is 1. The Bertz CT molecular complexity index is 964. The summed E-state index contributed by atoms with van der Waals surface area (Å²) in [5.41, 5.74) is 5.41. The molecule has 1 amide bonds. The van der Waals surface area contributed by atoms with Crippen LogP contribution < -0.4 is 10.6 Å². The lowest BCUT2D eigenvalue weighted by atomic mass is 10.1. The lowest BCUT2D eigenvalue weighted by Crippen LogP contribution is -2.12. The highest BCUT2D eigenvalue weighted by atomic mass is 19.1. The lowest BCUT2D eigenvalue weighted by Gasteiger charge is -2.08. The normalized spacial score (nSPS) is 12.9. The molecule has 0 atom stereocenters. The van der Waals surface area contributed by atoms with Gasteiger partial charge in [-0.05, 0) is 54.4 Å². The van der Waals surface area contributed by atoms with Gasteiger partial charge in [0.05, 0.1) is 5.69 Å². The number of hydrogen-bond acceptors (Lipinski definition) is 3. The van der Waals surface area contributed by atoms with E-state index in [9.17, 15) is 9.18 Å². The van der Waals surface area contributed by atoms with E-state index in [-0.39, 0.29) is 11.5 Å². The molecule has 2 heterocycles. The van der Waals surface area contributed by atoms with Gasteiger partial charge in [0.15, 0.2) is 0 Å². The number of nitrogens with zero attached hydrogens (tertiary/aromatic N) is 1. The Kier molecular flexibility index (Phi) is 3.82. The number of carbonyl (C=O) groups excluding carboxylic acids is 1. The van der Waals surface area contributed by atoms with E-state index in [4.69, 9.17) is 0 Å². The molecule has 0 fully saturated rings. The molecule has 3 aromatic rings. The second-order valence-electron chi connectivity index (χ2n) is 6.21. The second-order valence-corrected chi connectivity index (χ2v) is 6.21. The van der Waals surface area contributed by atoms with Gasteiger partial charge in [-0.3, -0.25) is 9.89 Å². The van der Waals surface area contributed by atoms with Gasteiger partial charge in [0.2, 0.25) is 0 Å². The summed E-state index contributed by atoms with van der Waals surface area (Å²) in [4.78, 5) is 12.5. The molecule has 0 bridgehead atoms. The van der Waals surface area contributed by atoms with Crippen LogP contribution in [0.4, 0.5) is 10.1 Å². The number of hydrogen-bond donors (Lipinski definition) is 3. The summed E-state index contributed by atoms with van der Waals surface area (Å²) in [7, 11) is 0. The van der Waals surface area contributed by atoms with Crippen molar-refractivity contribution in [1.29, 1.82) is 0 Å². The maximum Gasteiger partial charge on any atom is 0.255 e. The SMILES string of the molecule is Cc1cc(-c2cc(F)cc(C(=O)Nc3ccc4c(c3)CNC4)c2)n[nH]1. The molecule has 1 aliphatic rings. The van der Waals surface area contributed by atoms with Gasteiger partial charge < -0.3 is 10.6 Å². The van der Waals surface area contributed by atoms with Crippen molar-refractivity contribution in [3.8, 4) is 11.3 Å². The highest BCUT2D eigenvalue weighted by molar-refractivity contribution is 6.05. The van der Waals surface area contributed by atoms with Crippen LogP contribution in [-0.2, 0) is 13.1 Å². The maximum atomic E-state index is 14.0. The Hall–Kier alpha value is -2.99. The quantitative estimate of drug-likeness (QED) is 0.687. The van der Waals surface area contributed by atoms with Crippen LogP contribution in [-0.4, -0.2) is 16.1 Å². The van der Waals surface area contributed by atoms with Crippen LogP contribution in [0.1, 0.15) is 27.2 Å². The molecule has 0 spiro atoms. The van der Waals surface area contributed by atoms with Crippen LogP contribution in [0.5, 0.6) is 0 Å². The van der Waals surface area contributed by atoms with Gasteiger partial charge in [-0.2, -0.15) is 5.10 Å². The van der Waals surface area contributed by atoms with Crippen molar-refractivity contribution in [3.63, 3.8) is 0 Å². The summed E-state index contributed by atoms with van der Waals surface area (Å²) in [5.74, 6) is -0.819. The second kappa shape index (κ2) is 6.14. The summed E-state index contributed by atoms with van der Waals surface area (Å²) in [6, 6.07) is 11.9. The minimum absolute atomic E-state index is 0.259.